The second kappa shape index (κ2) is 6.41. The van der Waals surface area contributed by atoms with Crippen LogP contribution in [0.3, 0.4) is 0 Å². The van der Waals surface area contributed by atoms with Gasteiger partial charge in [0.05, 0.1) is 6.54 Å². The molecule has 0 saturated carbocycles. The molecule has 114 valence electrons. The van der Waals surface area contributed by atoms with Crippen molar-refractivity contribution in [3.8, 4) is 0 Å². The molecule has 6 nitrogen and oxygen atoms in total. The quantitative estimate of drug-likeness (QED) is 0.874. The van der Waals surface area contributed by atoms with Crippen molar-refractivity contribution in [1.29, 1.82) is 0 Å². The third-order valence-corrected chi connectivity index (χ3v) is 4.28. The molecule has 0 aliphatic carbocycles. The first-order valence-corrected chi connectivity index (χ1v) is 7.78. The van der Waals surface area contributed by atoms with E-state index in [0.29, 0.717) is 18.2 Å². The van der Waals surface area contributed by atoms with Crippen molar-refractivity contribution in [2.45, 2.75) is 32.4 Å². The Morgan fingerprint density at radius 2 is 2.38 bits per heavy atom. The van der Waals surface area contributed by atoms with Crippen LogP contribution < -0.4 is 11.0 Å². The summed E-state index contributed by atoms with van der Waals surface area (Å²) in [7, 11) is 0. The number of hydrogen-bond donors (Lipinski definition) is 1. The lowest BCUT2D eigenvalue weighted by atomic mass is 10.1. The van der Waals surface area contributed by atoms with E-state index in [0.717, 1.165) is 26.2 Å². The van der Waals surface area contributed by atoms with Crippen LogP contribution in [0, 0.1) is 0 Å². The zero-order chi connectivity index (χ0) is 14.7. The zero-order valence-electron chi connectivity index (χ0n) is 12.5. The molecule has 1 fully saturated rings. The highest BCUT2D eigenvalue weighted by Crippen LogP contribution is 2.10. The first-order valence-electron chi connectivity index (χ1n) is 7.78. The van der Waals surface area contributed by atoms with Crippen LogP contribution in [0.5, 0.6) is 0 Å². The fourth-order valence-corrected chi connectivity index (χ4v) is 3.08. The van der Waals surface area contributed by atoms with Gasteiger partial charge in [0.15, 0.2) is 5.65 Å². The van der Waals surface area contributed by atoms with Gasteiger partial charge in [-0.15, -0.1) is 5.10 Å². The minimum absolute atomic E-state index is 0.0524. The van der Waals surface area contributed by atoms with Crippen molar-refractivity contribution in [3.63, 3.8) is 0 Å². The molecule has 2 aromatic heterocycles. The summed E-state index contributed by atoms with van der Waals surface area (Å²) >= 11 is 0. The summed E-state index contributed by atoms with van der Waals surface area (Å²) in [6.07, 6.45) is 4.24. The van der Waals surface area contributed by atoms with Crippen LogP contribution in [0.15, 0.2) is 29.2 Å². The largest absolute Gasteiger partial charge is 0.350 e. The van der Waals surface area contributed by atoms with Crippen molar-refractivity contribution in [3.05, 3.63) is 34.9 Å². The first-order chi connectivity index (χ1) is 10.3. The van der Waals surface area contributed by atoms with Crippen LogP contribution >= 0.6 is 0 Å². The molecule has 1 atom stereocenters. The summed E-state index contributed by atoms with van der Waals surface area (Å²) in [5.74, 6) is 0. The van der Waals surface area contributed by atoms with E-state index >= 15 is 0 Å². The highest BCUT2D eigenvalue weighted by molar-refractivity contribution is 5.35. The smallest absolute Gasteiger partial charge is 0.315 e. The molecule has 3 rings (SSSR count). The fourth-order valence-electron chi connectivity index (χ4n) is 3.08. The maximum absolute atomic E-state index is 12.2. The van der Waals surface area contributed by atoms with Crippen molar-refractivity contribution < 1.29 is 0 Å². The lowest BCUT2D eigenvalue weighted by Crippen LogP contribution is -2.47. The molecule has 3 heterocycles. The van der Waals surface area contributed by atoms with Crippen LogP contribution in [-0.2, 0) is 6.54 Å². The molecule has 0 spiro atoms. The number of pyridine rings is 1. The summed E-state index contributed by atoms with van der Waals surface area (Å²) in [4.78, 5) is 14.7. The summed E-state index contributed by atoms with van der Waals surface area (Å²) in [6.45, 7) is 6.88. The van der Waals surface area contributed by atoms with Gasteiger partial charge in [-0.05, 0) is 38.1 Å². The molecule has 6 heteroatoms. The molecule has 1 saturated heterocycles. The number of piperidine rings is 1. The Hall–Kier alpha value is -1.66. The average molecular weight is 289 g/mol. The Kier molecular flexibility index (Phi) is 4.36. The summed E-state index contributed by atoms with van der Waals surface area (Å²) in [6, 6.07) is 6.20. The van der Waals surface area contributed by atoms with E-state index in [9.17, 15) is 4.79 Å². The number of aromatic nitrogens is 3. The number of nitrogens with zero attached hydrogens (tertiary/aromatic N) is 4. The van der Waals surface area contributed by atoms with Gasteiger partial charge in [-0.1, -0.05) is 13.0 Å². The molecule has 21 heavy (non-hydrogen) atoms. The standard InChI is InChI=1S/C15H23N5O/c1-2-18(13-6-5-8-16-12-13)10-11-20-15(21)19-9-4-3-7-14(19)17-20/h3-4,7,9,13,16H,2,5-6,8,10-12H2,1H3. The second-order valence-corrected chi connectivity index (χ2v) is 5.56. The Labute approximate surface area is 124 Å². The molecular formula is C15H23N5O. The van der Waals surface area contributed by atoms with Gasteiger partial charge in [-0.25, -0.2) is 9.48 Å². The third-order valence-electron chi connectivity index (χ3n) is 4.28. The zero-order valence-corrected chi connectivity index (χ0v) is 12.5. The van der Waals surface area contributed by atoms with E-state index in [2.05, 4.69) is 22.2 Å². The van der Waals surface area contributed by atoms with Crippen molar-refractivity contribution in [1.82, 2.24) is 24.4 Å². The number of hydrogen-bond acceptors (Lipinski definition) is 4. The van der Waals surface area contributed by atoms with Crippen LogP contribution in [-0.4, -0.2) is 51.3 Å². The second-order valence-electron chi connectivity index (χ2n) is 5.56. The van der Waals surface area contributed by atoms with Gasteiger partial charge in [0.1, 0.15) is 0 Å². The highest BCUT2D eigenvalue weighted by Gasteiger charge is 2.19. The molecule has 0 radical (unpaired) electrons. The fraction of sp³-hybridized carbons (Fsp3) is 0.600. The topological polar surface area (TPSA) is 54.6 Å². The lowest BCUT2D eigenvalue weighted by molar-refractivity contribution is 0.165. The molecule has 1 unspecified atom stereocenters. The van der Waals surface area contributed by atoms with Gasteiger partial charge < -0.3 is 5.32 Å². The van der Waals surface area contributed by atoms with E-state index in [-0.39, 0.29) is 5.69 Å². The molecule has 0 aromatic carbocycles. The van der Waals surface area contributed by atoms with Crippen molar-refractivity contribution >= 4 is 5.65 Å². The SMILES string of the molecule is CCN(CCn1nc2ccccn2c1=O)C1CCCNC1. The Bertz CT molecular complexity index is 641. The highest BCUT2D eigenvalue weighted by atomic mass is 16.2. The van der Waals surface area contributed by atoms with Gasteiger partial charge >= 0.3 is 5.69 Å². The monoisotopic (exact) mass is 289 g/mol. The van der Waals surface area contributed by atoms with Gasteiger partial charge in [0.25, 0.3) is 0 Å². The predicted octanol–water partition coefficient (Wildman–Crippen LogP) is 0.570. The van der Waals surface area contributed by atoms with E-state index in [1.807, 2.05) is 18.2 Å². The van der Waals surface area contributed by atoms with E-state index < -0.39 is 0 Å². The molecule has 1 aliphatic rings. The number of likely N-dealkylation sites (N-methyl/N-ethyl adjacent to an activating group) is 1. The average Bonchev–Trinajstić information content (AvgIpc) is 2.86. The Balaban J connectivity index is 1.70. The van der Waals surface area contributed by atoms with E-state index in [1.165, 1.54) is 12.8 Å². The molecule has 0 amide bonds. The van der Waals surface area contributed by atoms with Gasteiger partial charge in [-0.2, -0.15) is 0 Å². The summed E-state index contributed by atoms with van der Waals surface area (Å²) in [5.41, 5.74) is 0.660. The first kappa shape index (κ1) is 14.3. The maximum atomic E-state index is 12.2. The normalized spacial score (nSPS) is 19.4. The van der Waals surface area contributed by atoms with Gasteiger partial charge in [-0.3, -0.25) is 9.30 Å². The lowest BCUT2D eigenvalue weighted by Gasteiger charge is -2.33. The third kappa shape index (κ3) is 3.01. The van der Waals surface area contributed by atoms with Gasteiger partial charge in [0, 0.05) is 25.3 Å². The molecule has 1 N–H and O–H groups in total. The minimum Gasteiger partial charge on any atom is -0.315 e. The van der Waals surface area contributed by atoms with Crippen LogP contribution in [0.25, 0.3) is 5.65 Å². The molecule has 2 aromatic rings. The van der Waals surface area contributed by atoms with Crippen LogP contribution in [0.1, 0.15) is 19.8 Å². The van der Waals surface area contributed by atoms with E-state index in [4.69, 9.17) is 0 Å². The summed E-state index contributed by atoms with van der Waals surface area (Å²) < 4.78 is 3.17. The number of rotatable bonds is 5. The van der Waals surface area contributed by atoms with Crippen molar-refractivity contribution in [2.24, 2.45) is 0 Å². The molecule has 0 bridgehead atoms. The molecule has 1 aliphatic heterocycles. The minimum atomic E-state index is -0.0524. The van der Waals surface area contributed by atoms with Gasteiger partial charge in [0.2, 0.25) is 0 Å². The Morgan fingerprint density at radius 1 is 1.48 bits per heavy atom. The number of nitrogens with one attached hydrogen (secondary N) is 1. The van der Waals surface area contributed by atoms with Crippen molar-refractivity contribution in [2.75, 3.05) is 26.2 Å². The maximum Gasteiger partial charge on any atom is 0.350 e. The van der Waals surface area contributed by atoms with Crippen LogP contribution in [0.2, 0.25) is 0 Å². The Morgan fingerprint density at radius 3 is 3.10 bits per heavy atom. The molecular weight excluding hydrogens is 266 g/mol. The van der Waals surface area contributed by atoms with E-state index in [1.54, 1.807) is 15.3 Å². The predicted molar refractivity (Wildman–Crippen MR) is 82.6 cm³/mol. The summed E-state index contributed by atoms with van der Waals surface area (Å²) in [5, 5.41) is 7.84. The number of fused-ring (bicyclic) bond motifs is 1. The van der Waals surface area contributed by atoms with Crippen LogP contribution in [0.4, 0.5) is 0 Å².